The molecule has 0 bridgehead atoms. The molecule has 0 spiro atoms. The van der Waals surface area contributed by atoms with Gasteiger partial charge < -0.3 is 14.8 Å². The zero-order valence-corrected chi connectivity index (χ0v) is 11.4. The van der Waals surface area contributed by atoms with Crippen molar-refractivity contribution in [2.45, 2.75) is 26.9 Å². The van der Waals surface area contributed by atoms with E-state index >= 15 is 0 Å². The average Bonchev–Trinajstić information content (AvgIpc) is 2.36. The van der Waals surface area contributed by atoms with Crippen molar-refractivity contribution in [1.82, 2.24) is 5.32 Å². The molecule has 0 unspecified atom stereocenters. The molecule has 5 heteroatoms. The number of amides is 1. The predicted molar refractivity (Wildman–Crippen MR) is 71.2 cm³/mol. The Morgan fingerprint density at radius 1 is 1.21 bits per heavy atom. The van der Waals surface area contributed by atoms with Gasteiger partial charge >= 0.3 is 5.97 Å². The van der Waals surface area contributed by atoms with Crippen LogP contribution >= 0.6 is 0 Å². The molecule has 0 saturated carbocycles. The molecule has 5 nitrogen and oxygen atoms in total. The lowest BCUT2D eigenvalue weighted by molar-refractivity contribution is -0.141. The molecule has 1 aromatic carbocycles. The van der Waals surface area contributed by atoms with Gasteiger partial charge in [-0.1, -0.05) is 0 Å². The van der Waals surface area contributed by atoms with Crippen molar-refractivity contribution in [3.8, 4) is 5.75 Å². The van der Waals surface area contributed by atoms with E-state index in [9.17, 15) is 9.59 Å². The highest BCUT2D eigenvalue weighted by Crippen LogP contribution is 2.13. The van der Waals surface area contributed by atoms with Crippen LogP contribution in [-0.2, 0) is 9.53 Å². The first kappa shape index (κ1) is 15.0. The van der Waals surface area contributed by atoms with Crippen molar-refractivity contribution >= 4 is 11.9 Å². The lowest BCUT2D eigenvalue weighted by Gasteiger charge is -2.10. The molecule has 104 valence electrons. The molecular formula is C14H19NO4. The average molecular weight is 265 g/mol. The third kappa shape index (κ3) is 5.42. The lowest BCUT2D eigenvalue weighted by Crippen LogP contribution is -2.30. The first-order valence-electron chi connectivity index (χ1n) is 6.23. The number of hydrogen-bond acceptors (Lipinski definition) is 4. The van der Waals surface area contributed by atoms with Crippen LogP contribution in [0.4, 0.5) is 0 Å². The topological polar surface area (TPSA) is 64.6 Å². The quantitative estimate of drug-likeness (QED) is 0.796. The summed E-state index contributed by atoms with van der Waals surface area (Å²) in [6, 6.07) is 6.74. The van der Waals surface area contributed by atoms with E-state index < -0.39 is 5.97 Å². The molecule has 1 rings (SSSR count). The number of esters is 1. The Balaban J connectivity index is 2.51. The van der Waals surface area contributed by atoms with Crippen LogP contribution in [0, 0.1) is 0 Å². The molecule has 0 atom stereocenters. The van der Waals surface area contributed by atoms with Gasteiger partial charge in [0.15, 0.2) is 0 Å². The van der Waals surface area contributed by atoms with Crippen molar-refractivity contribution in [3.05, 3.63) is 29.8 Å². The molecule has 0 radical (unpaired) electrons. The summed E-state index contributed by atoms with van der Waals surface area (Å²) in [4.78, 5) is 22.8. The molecule has 0 heterocycles. The minimum absolute atomic E-state index is 0.0866. The zero-order chi connectivity index (χ0) is 14.3. The molecule has 1 aromatic rings. The number of hydrogen-bond donors (Lipinski definition) is 1. The van der Waals surface area contributed by atoms with Crippen LogP contribution in [0.1, 0.15) is 31.1 Å². The summed E-state index contributed by atoms with van der Waals surface area (Å²) < 4.78 is 10.2. The molecule has 0 aliphatic heterocycles. The number of carbonyl (C=O) groups excluding carboxylic acids is 2. The van der Waals surface area contributed by atoms with Crippen LogP contribution in [-0.4, -0.2) is 31.1 Å². The number of benzene rings is 1. The first-order chi connectivity index (χ1) is 9.02. The van der Waals surface area contributed by atoms with Gasteiger partial charge in [-0.25, -0.2) is 0 Å². The van der Waals surface area contributed by atoms with Crippen LogP contribution in [0.15, 0.2) is 24.3 Å². The van der Waals surface area contributed by atoms with E-state index in [1.54, 1.807) is 31.2 Å². The Labute approximate surface area is 112 Å². The van der Waals surface area contributed by atoms with Crippen molar-refractivity contribution in [2.24, 2.45) is 0 Å². The minimum atomic E-state index is -0.449. The van der Waals surface area contributed by atoms with E-state index in [0.29, 0.717) is 17.9 Å². The van der Waals surface area contributed by atoms with Crippen LogP contribution in [0.5, 0.6) is 5.75 Å². The fourth-order valence-corrected chi connectivity index (χ4v) is 1.42. The minimum Gasteiger partial charge on any atom is -0.491 e. The molecule has 0 fully saturated rings. The normalized spacial score (nSPS) is 10.1. The second-order valence-electron chi connectivity index (χ2n) is 4.18. The Kier molecular flexibility index (Phi) is 5.85. The van der Waals surface area contributed by atoms with E-state index in [0.717, 1.165) is 0 Å². The largest absolute Gasteiger partial charge is 0.491 e. The fraction of sp³-hybridized carbons (Fsp3) is 0.429. The molecule has 0 aliphatic carbocycles. The van der Waals surface area contributed by atoms with E-state index in [-0.39, 0.29) is 18.6 Å². The van der Waals surface area contributed by atoms with Gasteiger partial charge in [0.05, 0.1) is 12.7 Å². The molecule has 1 N–H and O–H groups in total. The molecular weight excluding hydrogens is 246 g/mol. The molecule has 0 aliphatic rings. The van der Waals surface area contributed by atoms with Crippen molar-refractivity contribution in [3.63, 3.8) is 0 Å². The highest BCUT2D eigenvalue weighted by molar-refractivity contribution is 5.95. The van der Waals surface area contributed by atoms with Gasteiger partial charge in [0.1, 0.15) is 12.3 Å². The highest BCUT2D eigenvalue weighted by Gasteiger charge is 2.08. The monoisotopic (exact) mass is 265 g/mol. The summed E-state index contributed by atoms with van der Waals surface area (Å²) in [5.41, 5.74) is 0.473. The second kappa shape index (κ2) is 7.41. The maximum absolute atomic E-state index is 11.7. The predicted octanol–water partition coefficient (Wildman–Crippen LogP) is 1.77. The summed E-state index contributed by atoms with van der Waals surface area (Å²) >= 11 is 0. The van der Waals surface area contributed by atoms with Gasteiger partial charge in [-0.3, -0.25) is 9.59 Å². The molecule has 0 aromatic heterocycles. The van der Waals surface area contributed by atoms with Crippen LogP contribution in [0.3, 0.4) is 0 Å². The molecule has 0 saturated heterocycles. The summed E-state index contributed by atoms with van der Waals surface area (Å²) in [6.45, 7) is 5.75. The van der Waals surface area contributed by atoms with Crippen molar-refractivity contribution in [2.75, 3.05) is 13.2 Å². The van der Waals surface area contributed by atoms with Gasteiger partial charge in [0.25, 0.3) is 5.91 Å². The Bertz CT molecular complexity index is 426. The fourth-order valence-electron chi connectivity index (χ4n) is 1.42. The molecule has 1 amide bonds. The number of rotatable bonds is 6. The SMILES string of the molecule is CCOC(=O)CNC(=O)c1ccc(OC(C)C)cc1. The highest BCUT2D eigenvalue weighted by atomic mass is 16.5. The van der Waals surface area contributed by atoms with Crippen LogP contribution in [0.25, 0.3) is 0 Å². The summed E-state index contributed by atoms with van der Waals surface area (Å²) in [5.74, 6) is -0.0586. The first-order valence-corrected chi connectivity index (χ1v) is 6.23. The Morgan fingerprint density at radius 2 is 1.84 bits per heavy atom. The summed E-state index contributed by atoms with van der Waals surface area (Å²) in [6.07, 6.45) is 0.0866. The van der Waals surface area contributed by atoms with Crippen LogP contribution in [0.2, 0.25) is 0 Å². The Hall–Kier alpha value is -2.04. The number of carbonyl (C=O) groups is 2. The summed E-state index contributed by atoms with van der Waals surface area (Å²) in [5, 5.41) is 2.49. The standard InChI is InChI=1S/C14H19NO4/c1-4-18-13(16)9-15-14(17)11-5-7-12(8-6-11)19-10(2)3/h5-8,10H,4,9H2,1-3H3,(H,15,17). The van der Waals surface area contributed by atoms with E-state index in [4.69, 9.17) is 9.47 Å². The third-order valence-corrected chi connectivity index (χ3v) is 2.19. The van der Waals surface area contributed by atoms with E-state index in [1.165, 1.54) is 0 Å². The zero-order valence-electron chi connectivity index (χ0n) is 11.4. The second-order valence-corrected chi connectivity index (χ2v) is 4.18. The van der Waals surface area contributed by atoms with Gasteiger partial charge in [-0.15, -0.1) is 0 Å². The summed E-state index contributed by atoms with van der Waals surface area (Å²) in [7, 11) is 0. The van der Waals surface area contributed by atoms with Gasteiger partial charge in [0, 0.05) is 5.56 Å². The maximum Gasteiger partial charge on any atom is 0.325 e. The van der Waals surface area contributed by atoms with E-state index in [2.05, 4.69) is 5.32 Å². The van der Waals surface area contributed by atoms with Crippen LogP contribution < -0.4 is 10.1 Å². The number of ether oxygens (including phenoxy) is 2. The van der Waals surface area contributed by atoms with E-state index in [1.807, 2.05) is 13.8 Å². The van der Waals surface area contributed by atoms with Crippen molar-refractivity contribution in [1.29, 1.82) is 0 Å². The van der Waals surface area contributed by atoms with Gasteiger partial charge in [-0.05, 0) is 45.0 Å². The lowest BCUT2D eigenvalue weighted by atomic mass is 10.2. The smallest absolute Gasteiger partial charge is 0.325 e. The van der Waals surface area contributed by atoms with Gasteiger partial charge in [-0.2, -0.15) is 0 Å². The maximum atomic E-state index is 11.7. The third-order valence-electron chi connectivity index (χ3n) is 2.19. The van der Waals surface area contributed by atoms with Crippen molar-refractivity contribution < 1.29 is 19.1 Å². The Morgan fingerprint density at radius 3 is 2.37 bits per heavy atom. The molecule has 19 heavy (non-hydrogen) atoms. The number of nitrogens with one attached hydrogen (secondary N) is 1. The van der Waals surface area contributed by atoms with Gasteiger partial charge in [0.2, 0.25) is 0 Å².